The van der Waals surface area contributed by atoms with E-state index in [0.29, 0.717) is 12.0 Å². The molecule has 2 aliphatic rings. The quantitative estimate of drug-likeness (QED) is 0.818. The Morgan fingerprint density at radius 1 is 1.25 bits per heavy atom. The highest BCUT2D eigenvalue weighted by molar-refractivity contribution is 5.80. The molecular weight excluding hydrogens is 198 g/mol. The summed E-state index contributed by atoms with van der Waals surface area (Å²) < 4.78 is 0. The number of guanidine groups is 1. The van der Waals surface area contributed by atoms with Crippen LogP contribution < -0.4 is 5.73 Å². The summed E-state index contributed by atoms with van der Waals surface area (Å²) in [5.74, 6) is 1.45. The minimum absolute atomic E-state index is 0.344. The van der Waals surface area contributed by atoms with Crippen LogP contribution in [0.1, 0.15) is 35.9 Å². The maximum absolute atomic E-state index is 5.82. The second-order valence-corrected chi connectivity index (χ2v) is 4.73. The zero-order chi connectivity index (χ0) is 11.1. The fraction of sp³-hybridized carbons (Fsp3) is 0.462. The Kier molecular flexibility index (Phi) is 2.13. The standard InChI is InChI=1S/C13H17N3/c1-16-12(8-15-13(16)14)11-5-3-2-4-10(11)9-6-7-9/h2-5,9,12H,6-8H2,1H3,(H2,14,15). The normalized spacial score (nSPS) is 24.7. The second-order valence-electron chi connectivity index (χ2n) is 4.73. The molecule has 0 saturated heterocycles. The zero-order valence-corrected chi connectivity index (χ0v) is 9.56. The Morgan fingerprint density at radius 3 is 2.50 bits per heavy atom. The monoisotopic (exact) mass is 215 g/mol. The molecule has 1 saturated carbocycles. The molecule has 0 spiro atoms. The van der Waals surface area contributed by atoms with Crippen molar-refractivity contribution < 1.29 is 0 Å². The molecule has 84 valence electrons. The van der Waals surface area contributed by atoms with Gasteiger partial charge in [-0.15, -0.1) is 0 Å². The summed E-state index contributed by atoms with van der Waals surface area (Å²) in [5, 5.41) is 0. The van der Waals surface area contributed by atoms with Crippen LogP contribution in [0.25, 0.3) is 0 Å². The fourth-order valence-corrected chi connectivity index (χ4v) is 2.46. The number of rotatable bonds is 2. The molecule has 1 fully saturated rings. The summed E-state index contributed by atoms with van der Waals surface area (Å²) in [6.45, 7) is 0.798. The summed E-state index contributed by atoms with van der Waals surface area (Å²) in [4.78, 5) is 6.40. The number of hydrogen-bond acceptors (Lipinski definition) is 3. The van der Waals surface area contributed by atoms with E-state index < -0.39 is 0 Å². The third kappa shape index (κ3) is 1.47. The Labute approximate surface area is 96.0 Å². The maximum Gasteiger partial charge on any atom is 0.191 e. The predicted octanol–water partition coefficient (Wildman–Crippen LogP) is 1.87. The lowest BCUT2D eigenvalue weighted by Crippen LogP contribution is -2.32. The van der Waals surface area contributed by atoms with E-state index in [1.165, 1.54) is 24.0 Å². The van der Waals surface area contributed by atoms with E-state index in [9.17, 15) is 0 Å². The Hall–Kier alpha value is -1.51. The molecular formula is C13H17N3. The average molecular weight is 215 g/mol. The van der Waals surface area contributed by atoms with Crippen LogP contribution in [-0.4, -0.2) is 24.5 Å². The molecule has 1 aliphatic carbocycles. The molecule has 3 heteroatoms. The Balaban J connectivity index is 1.94. The lowest BCUT2D eigenvalue weighted by molar-refractivity contribution is 0.411. The minimum Gasteiger partial charge on any atom is -0.370 e. The molecule has 1 aromatic carbocycles. The summed E-state index contributed by atoms with van der Waals surface area (Å²) in [7, 11) is 2.03. The van der Waals surface area contributed by atoms with Gasteiger partial charge in [-0.25, -0.2) is 0 Å². The van der Waals surface area contributed by atoms with Crippen molar-refractivity contribution in [2.75, 3.05) is 13.6 Å². The van der Waals surface area contributed by atoms with Crippen molar-refractivity contribution in [1.29, 1.82) is 0 Å². The van der Waals surface area contributed by atoms with Gasteiger partial charge in [-0.2, -0.15) is 0 Å². The lowest BCUT2D eigenvalue weighted by Gasteiger charge is -2.23. The van der Waals surface area contributed by atoms with Gasteiger partial charge in [0.15, 0.2) is 5.96 Å². The van der Waals surface area contributed by atoms with Gasteiger partial charge in [-0.1, -0.05) is 24.3 Å². The third-order valence-electron chi connectivity index (χ3n) is 3.63. The van der Waals surface area contributed by atoms with Crippen LogP contribution in [-0.2, 0) is 0 Å². The molecule has 3 nitrogen and oxygen atoms in total. The van der Waals surface area contributed by atoms with Crippen LogP contribution >= 0.6 is 0 Å². The fourth-order valence-electron chi connectivity index (χ4n) is 2.46. The van der Waals surface area contributed by atoms with Crippen LogP contribution in [0, 0.1) is 0 Å². The summed E-state index contributed by atoms with van der Waals surface area (Å²) in [5.41, 5.74) is 8.74. The molecule has 0 radical (unpaired) electrons. The Bertz CT molecular complexity index is 435. The molecule has 1 aliphatic heterocycles. The van der Waals surface area contributed by atoms with Crippen molar-refractivity contribution in [2.45, 2.75) is 24.8 Å². The first-order valence-corrected chi connectivity index (χ1v) is 5.89. The van der Waals surface area contributed by atoms with E-state index in [-0.39, 0.29) is 0 Å². The third-order valence-corrected chi connectivity index (χ3v) is 3.63. The van der Waals surface area contributed by atoms with Crippen molar-refractivity contribution in [3.63, 3.8) is 0 Å². The van der Waals surface area contributed by atoms with Gasteiger partial charge in [0.2, 0.25) is 0 Å². The first kappa shape index (κ1) is 9.70. The highest BCUT2D eigenvalue weighted by atomic mass is 15.3. The number of nitrogens with two attached hydrogens (primary N) is 1. The topological polar surface area (TPSA) is 41.6 Å². The highest BCUT2D eigenvalue weighted by Crippen LogP contribution is 2.44. The van der Waals surface area contributed by atoms with Crippen LogP contribution in [0.3, 0.4) is 0 Å². The maximum atomic E-state index is 5.82. The smallest absolute Gasteiger partial charge is 0.191 e. The van der Waals surface area contributed by atoms with Crippen molar-refractivity contribution in [2.24, 2.45) is 10.7 Å². The van der Waals surface area contributed by atoms with Gasteiger partial charge in [0, 0.05) is 7.05 Å². The first-order valence-electron chi connectivity index (χ1n) is 5.89. The Morgan fingerprint density at radius 2 is 1.94 bits per heavy atom. The molecule has 1 aromatic rings. The minimum atomic E-state index is 0.344. The van der Waals surface area contributed by atoms with E-state index in [0.717, 1.165) is 12.5 Å². The van der Waals surface area contributed by atoms with Gasteiger partial charge in [0.1, 0.15) is 0 Å². The van der Waals surface area contributed by atoms with E-state index in [1.807, 2.05) is 7.05 Å². The molecule has 16 heavy (non-hydrogen) atoms. The van der Waals surface area contributed by atoms with E-state index in [1.54, 1.807) is 0 Å². The number of benzene rings is 1. The van der Waals surface area contributed by atoms with Crippen LogP contribution in [0.2, 0.25) is 0 Å². The summed E-state index contributed by atoms with van der Waals surface area (Å²) in [6.07, 6.45) is 2.67. The zero-order valence-electron chi connectivity index (χ0n) is 9.56. The molecule has 0 amide bonds. The highest BCUT2D eigenvalue weighted by Gasteiger charge is 2.31. The molecule has 2 N–H and O–H groups in total. The number of aliphatic imine (C=N–C) groups is 1. The van der Waals surface area contributed by atoms with Crippen LogP contribution in [0.5, 0.6) is 0 Å². The number of nitrogens with zero attached hydrogens (tertiary/aromatic N) is 2. The van der Waals surface area contributed by atoms with Gasteiger partial charge in [0.05, 0.1) is 12.6 Å². The van der Waals surface area contributed by atoms with Crippen molar-refractivity contribution in [3.8, 4) is 0 Å². The van der Waals surface area contributed by atoms with Crippen LogP contribution in [0.15, 0.2) is 29.3 Å². The molecule has 1 atom stereocenters. The molecule has 1 unspecified atom stereocenters. The number of likely N-dealkylation sites (N-methyl/N-ethyl adjacent to an activating group) is 1. The van der Waals surface area contributed by atoms with Gasteiger partial charge in [-0.05, 0) is 29.9 Å². The van der Waals surface area contributed by atoms with E-state index in [4.69, 9.17) is 5.73 Å². The molecule has 0 bridgehead atoms. The van der Waals surface area contributed by atoms with Crippen molar-refractivity contribution >= 4 is 5.96 Å². The van der Waals surface area contributed by atoms with Gasteiger partial charge in [0.25, 0.3) is 0 Å². The molecule has 3 rings (SSSR count). The van der Waals surface area contributed by atoms with Crippen molar-refractivity contribution in [3.05, 3.63) is 35.4 Å². The average Bonchev–Trinajstić information content (AvgIpc) is 3.09. The second kappa shape index (κ2) is 3.51. The van der Waals surface area contributed by atoms with E-state index >= 15 is 0 Å². The van der Waals surface area contributed by atoms with Crippen molar-refractivity contribution in [1.82, 2.24) is 4.90 Å². The SMILES string of the molecule is CN1C(N)=NCC1c1ccccc1C1CC1. The van der Waals surface area contributed by atoms with Gasteiger partial charge >= 0.3 is 0 Å². The predicted molar refractivity (Wildman–Crippen MR) is 65.4 cm³/mol. The number of hydrogen-bond donors (Lipinski definition) is 1. The van der Waals surface area contributed by atoms with E-state index in [2.05, 4.69) is 34.2 Å². The van der Waals surface area contributed by atoms with Gasteiger partial charge in [-0.3, -0.25) is 4.99 Å². The lowest BCUT2D eigenvalue weighted by atomic mass is 9.97. The summed E-state index contributed by atoms with van der Waals surface area (Å²) in [6, 6.07) is 9.08. The van der Waals surface area contributed by atoms with Crippen LogP contribution in [0.4, 0.5) is 0 Å². The molecule has 1 heterocycles. The van der Waals surface area contributed by atoms with Gasteiger partial charge < -0.3 is 10.6 Å². The first-order chi connectivity index (χ1) is 7.77. The molecule has 0 aromatic heterocycles. The largest absolute Gasteiger partial charge is 0.370 e. The summed E-state index contributed by atoms with van der Waals surface area (Å²) >= 11 is 0.